The highest BCUT2D eigenvalue weighted by molar-refractivity contribution is 6.39. The van der Waals surface area contributed by atoms with E-state index in [4.69, 9.17) is 28.4 Å². The van der Waals surface area contributed by atoms with Gasteiger partial charge in [0.2, 0.25) is 5.79 Å². The Hall–Kier alpha value is -4.70. The van der Waals surface area contributed by atoms with Crippen LogP contribution in [0.25, 0.3) is 10.9 Å². The average molecular weight is 997 g/mol. The second-order valence-electron chi connectivity index (χ2n) is 21.4. The molecule has 3 fully saturated rings. The molecule has 4 aliphatic rings. The van der Waals surface area contributed by atoms with E-state index in [1.807, 2.05) is 51.1 Å². The van der Waals surface area contributed by atoms with E-state index < -0.39 is 77.8 Å². The predicted octanol–water partition coefficient (Wildman–Crippen LogP) is 8.56. The highest BCUT2D eigenvalue weighted by atomic mass is 16.7. The number of benzene rings is 2. The van der Waals surface area contributed by atoms with Gasteiger partial charge in [0.05, 0.1) is 24.4 Å². The zero-order valence-corrected chi connectivity index (χ0v) is 44.0. The number of amides is 1. The Kier molecular flexibility index (Phi) is 18.8. The molecule has 72 heavy (non-hydrogen) atoms. The van der Waals surface area contributed by atoms with Gasteiger partial charge < -0.3 is 48.1 Å². The van der Waals surface area contributed by atoms with Crippen LogP contribution in [0, 0.1) is 29.6 Å². The Morgan fingerprint density at radius 1 is 0.861 bits per heavy atom. The van der Waals surface area contributed by atoms with Gasteiger partial charge in [0.25, 0.3) is 11.7 Å². The second-order valence-corrected chi connectivity index (χ2v) is 21.4. The number of aliphatic hydroxyl groups excluding tert-OH is 1. The van der Waals surface area contributed by atoms with Crippen LogP contribution in [0.15, 0.2) is 84.1 Å². The highest BCUT2D eigenvalue weighted by Crippen LogP contribution is 2.40. The lowest BCUT2D eigenvalue weighted by Crippen LogP contribution is -2.64. The molecule has 2 saturated heterocycles. The van der Waals surface area contributed by atoms with Crippen molar-refractivity contribution in [3.63, 3.8) is 0 Å². The molecule has 3 aromatic rings. The third-order valence-electron chi connectivity index (χ3n) is 16.1. The first-order chi connectivity index (χ1) is 34.5. The van der Waals surface area contributed by atoms with Crippen LogP contribution in [0.4, 0.5) is 0 Å². The molecule has 4 heterocycles. The number of methoxy groups -OCH3 is 3. The third-order valence-corrected chi connectivity index (χ3v) is 16.1. The van der Waals surface area contributed by atoms with Crippen LogP contribution in [0.2, 0.25) is 0 Å². The van der Waals surface area contributed by atoms with E-state index in [1.54, 1.807) is 35.2 Å². The summed E-state index contributed by atoms with van der Waals surface area (Å²) >= 11 is 0. The lowest BCUT2D eigenvalue weighted by Gasteiger charge is -2.47. The highest BCUT2D eigenvalue weighted by Gasteiger charge is 2.56. The molecule has 2 bridgehead atoms. The summed E-state index contributed by atoms with van der Waals surface area (Å²) in [7, 11) is 4.77. The number of hydrogen-bond acceptors (Lipinski definition) is 12. The summed E-state index contributed by atoms with van der Waals surface area (Å²) in [5.41, 5.74) is 4.03. The number of cyclic esters (lactones) is 1. The largest absolute Gasteiger partial charge is 0.488 e. The second kappa shape index (κ2) is 24.6. The van der Waals surface area contributed by atoms with E-state index in [2.05, 4.69) is 54.1 Å². The van der Waals surface area contributed by atoms with E-state index in [-0.39, 0.29) is 55.6 Å². The molecular weight excluding hydrogens is 917 g/mol. The van der Waals surface area contributed by atoms with Gasteiger partial charge in [0.15, 0.2) is 0 Å². The van der Waals surface area contributed by atoms with Crippen LogP contribution in [0.5, 0.6) is 5.75 Å². The number of aliphatic hydroxyl groups is 2. The number of carbonyl (C=O) groups is 4. The van der Waals surface area contributed by atoms with Gasteiger partial charge in [0, 0.05) is 75.7 Å². The Balaban J connectivity index is 1.14. The van der Waals surface area contributed by atoms with Gasteiger partial charge in [-0.05, 0) is 125 Å². The van der Waals surface area contributed by atoms with Gasteiger partial charge in [-0.2, -0.15) is 0 Å². The van der Waals surface area contributed by atoms with Crippen molar-refractivity contribution in [2.75, 3.05) is 27.9 Å². The number of carbonyl (C=O) groups excluding carboxylic acids is 4. The van der Waals surface area contributed by atoms with E-state index in [9.17, 15) is 29.4 Å². The van der Waals surface area contributed by atoms with Gasteiger partial charge in [-0.25, -0.2) is 4.79 Å². The molecular formula is C58H80N2O12. The number of aromatic nitrogens is 1. The van der Waals surface area contributed by atoms with E-state index in [0.717, 1.165) is 35.2 Å². The Bertz CT molecular complexity index is 2400. The minimum absolute atomic E-state index is 0.00179. The van der Waals surface area contributed by atoms with Gasteiger partial charge in [-0.3, -0.25) is 14.4 Å². The molecule has 1 saturated carbocycles. The average Bonchev–Trinajstić information content (AvgIpc) is 3.77. The number of allylic oxidation sites excluding steroid dienone is 3. The molecule has 1 aliphatic carbocycles. The molecule has 14 atom stereocenters. The summed E-state index contributed by atoms with van der Waals surface area (Å²) in [6.45, 7) is 12.2. The molecule has 14 nitrogen and oxygen atoms in total. The summed E-state index contributed by atoms with van der Waals surface area (Å²) in [5.74, 6) is -6.77. The van der Waals surface area contributed by atoms with Crippen molar-refractivity contribution in [1.29, 1.82) is 0 Å². The van der Waals surface area contributed by atoms with Gasteiger partial charge in [0.1, 0.15) is 35.9 Å². The number of rotatable bonds is 10. The SMILES string of the molecule is CCC1/C=C(\C)CC(C)CC(OC)C2OC(O)(C(=O)C(=O)N3CCCCC3C(=O)OC(C(C)=CC3CCC(Oc4ccc5c(ccn5Cc5ccccc5)c4)C(OC)C3)C(C)C(O)CC1=O)C(C)CC2OC. The fourth-order valence-corrected chi connectivity index (χ4v) is 11.9. The Labute approximate surface area is 426 Å². The fourth-order valence-electron chi connectivity index (χ4n) is 11.9. The first-order valence-corrected chi connectivity index (χ1v) is 26.4. The number of hydrogen-bond donors (Lipinski definition) is 2. The van der Waals surface area contributed by atoms with Crippen molar-refractivity contribution in [2.24, 2.45) is 29.6 Å². The molecule has 394 valence electrons. The number of nitrogens with zero attached hydrogens (tertiary/aromatic N) is 2. The first kappa shape index (κ1) is 55.1. The summed E-state index contributed by atoms with van der Waals surface area (Å²) in [5, 5.41) is 25.2. The Morgan fingerprint density at radius 2 is 1.58 bits per heavy atom. The summed E-state index contributed by atoms with van der Waals surface area (Å²) in [6.07, 6.45) is 6.61. The zero-order valence-electron chi connectivity index (χ0n) is 44.0. The summed E-state index contributed by atoms with van der Waals surface area (Å²) in [4.78, 5) is 58.8. The van der Waals surface area contributed by atoms with E-state index >= 15 is 0 Å². The standard InChI is InChI=1S/C58H80N2O12/c1-10-42-27-35(2)26-36(3)28-51(68-8)54-52(69-9)30-38(5)58(66,72-54)55(63)56(64)60-24-15-14-18-46(60)57(65)71-53(39(6)47(61)33-48(42)62)37(4)29-41-19-22-49(50(31-41)67-7)70-44-20-21-45-43(32-44)23-25-59(45)34-40-16-12-11-13-17-40/h11-13,16-17,20-21,23,25,27,29,32,36,38-39,41-42,46-47,49-54,61,66H,10,14-15,18-19,22,24,26,28,30-31,33-34H2,1-9H3/b35-27+,37-29?. The van der Waals surface area contributed by atoms with Crippen LogP contribution < -0.4 is 4.74 Å². The van der Waals surface area contributed by atoms with Crippen LogP contribution in [-0.2, 0) is 49.4 Å². The molecule has 1 aromatic heterocycles. The minimum Gasteiger partial charge on any atom is -0.488 e. The predicted molar refractivity (Wildman–Crippen MR) is 274 cm³/mol. The third kappa shape index (κ3) is 12.6. The minimum atomic E-state index is -2.51. The molecule has 14 heteroatoms. The van der Waals surface area contributed by atoms with Gasteiger partial charge in [-0.1, -0.05) is 75.8 Å². The fraction of sp³-hybridized carbons (Fsp3) is 0.621. The summed E-state index contributed by atoms with van der Waals surface area (Å²) < 4.78 is 39.5. The quantitative estimate of drug-likeness (QED) is 0.113. The maximum absolute atomic E-state index is 14.6. The Morgan fingerprint density at radius 3 is 2.29 bits per heavy atom. The number of ether oxygens (including phenoxy) is 6. The van der Waals surface area contributed by atoms with Gasteiger partial charge in [-0.15, -0.1) is 0 Å². The van der Waals surface area contributed by atoms with Crippen molar-refractivity contribution in [3.05, 3.63) is 89.7 Å². The van der Waals surface area contributed by atoms with E-state index in [0.29, 0.717) is 50.5 Å². The van der Waals surface area contributed by atoms with Crippen molar-refractivity contribution in [3.8, 4) is 5.75 Å². The zero-order chi connectivity index (χ0) is 51.9. The van der Waals surface area contributed by atoms with Gasteiger partial charge >= 0.3 is 5.97 Å². The molecule has 2 N–H and O–H groups in total. The number of piperidine rings is 1. The van der Waals surface area contributed by atoms with Crippen LogP contribution >= 0.6 is 0 Å². The van der Waals surface area contributed by atoms with Crippen molar-refractivity contribution >= 4 is 34.3 Å². The summed E-state index contributed by atoms with van der Waals surface area (Å²) in [6, 6.07) is 17.5. The molecule has 7 rings (SSSR count). The van der Waals surface area contributed by atoms with Crippen LogP contribution in [-0.4, -0.2) is 126 Å². The lowest BCUT2D eigenvalue weighted by molar-refractivity contribution is -0.302. The molecule has 0 spiro atoms. The van der Waals surface area contributed by atoms with Crippen LogP contribution in [0.3, 0.4) is 0 Å². The van der Waals surface area contributed by atoms with E-state index in [1.165, 1.54) is 10.5 Å². The molecule has 2 aromatic carbocycles. The number of Topliss-reactive ketones (excluding diaryl/α,β-unsaturated/α-hetero) is 2. The lowest BCUT2D eigenvalue weighted by atomic mass is 9.81. The topological polar surface area (TPSA) is 172 Å². The molecule has 3 aliphatic heterocycles. The smallest absolute Gasteiger partial charge is 0.329 e. The van der Waals surface area contributed by atoms with Crippen molar-refractivity contribution in [2.45, 2.75) is 173 Å². The maximum atomic E-state index is 14.6. The van der Waals surface area contributed by atoms with Crippen molar-refractivity contribution < 1.29 is 57.8 Å². The molecule has 1 amide bonds. The maximum Gasteiger partial charge on any atom is 0.329 e. The van der Waals surface area contributed by atoms with Crippen LogP contribution in [0.1, 0.15) is 118 Å². The number of fused-ring (bicyclic) bond motifs is 4. The number of ketones is 2. The molecule has 14 unspecified atom stereocenters. The first-order valence-electron chi connectivity index (χ1n) is 26.4. The normalized spacial score (nSPS) is 34.9. The number of esters is 1. The molecule has 0 radical (unpaired) electrons. The monoisotopic (exact) mass is 997 g/mol. The van der Waals surface area contributed by atoms with Crippen molar-refractivity contribution in [1.82, 2.24) is 9.47 Å².